The minimum Gasteiger partial charge on any atom is -0.378 e. The lowest BCUT2D eigenvalue weighted by Gasteiger charge is -2.31. The number of halogens is 4. The molecule has 12 heteroatoms. The SMILES string of the molecule is O=C(CSc1nnc(Cc2ccccc2)n1-c1ccc(Cl)cc1)Nc1cc(C(F)(F)F)ccc1N1CCOCC1. The number of carbonyl (C=O) groups is 1. The minimum absolute atomic E-state index is 0.0874. The highest BCUT2D eigenvalue weighted by Gasteiger charge is 2.32. The Labute approximate surface area is 238 Å². The Morgan fingerprint density at radius 1 is 1.00 bits per heavy atom. The van der Waals surface area contributed by atoms with E-state index >= 15 is 0 Å². The first-order valence-electron chi connectivity index (χ1n) is 12.5. The van der Waals surface area contributed by atoms with E-state index in [1.165, 1.54) is 6.07 Å². The van der Waals surface area contributed by atoms with Gasteiger partial charge in [0.2, 0.25) is 5.91 Å². The first-order chi connectivity index (χ1) is 19.3. The molecule has 2 heterocycles. The van der Waals surface area contributed by atoms with Crippen LogP contribution in [0.4, 0.5) is 24.5 Å². The molecule has 0 atom stereocenters. The number of anilines is 2. The molecule has 0 spiro atoms. The number of aromatic nitrogens is 3. The van der Waals surface area contributed by atoms with E-state index in [4.69, 9.17) is 16.3 Å². The molecule has 4 aromatic rings. The van der Waals surface area contributed by atoms with E-state index in [1.807, 2.05) is 51.9 Å². The van der Waals surface area contributed by atoms with Gasteiger partial charge in [0.1, 0.15) is 5.82 Å². The lowest BCUT2D eigenvalue weighted by molar-refractivity contribution is -0.137. The second-order valence-electron chi connectivity index (χ2n) is 9.04. The monoisotopic (exact) mass is 587 g/mol. The molecule has 7 nitrogen and oxygen atoms in total. The van der Waals surface area contributed by atoms with Gasteiger partial charge in [-0.15, -0.1) is 10.2 Å². The third-order valence-corrected chi connectivity index (χ3v) is 7.45. The number of benzene rings is 3. The Morgan fingerprint density at radius 2 is 1.73 bits per heavy atom. The Balaban J connectivity index is 1.37. The van der Waals surface area contributed by atoms with Crippen LogP contribution in [0.15, 0.2) is 78.0 Å². The van der Waals surface area contributed by atoms with Crippen LogP contribution in [0.3, 0.4) is 0 Å². The van der Waals surface area contributed by atoms with Crippen LogP contribution in [0.5, 0.6) is 0 Å². The van der Waals surface area contributed by atoms with E-state index in [-0.39, 0.29) is 11.4 Å². The van der Waals surface area contributed by atoms with Crippen LogP contribution in [0.25, 0.3) is 5.69 Å². The normalized spacial score (nSPS) is 13.8. The van der Waals surface area contributed by atoms with Crippen LogP contribution in [0, 0.1) is 0 Å². The summed E-state index contributed by atoms with van der Waals surface area (Å²) in [6.07, 6.45) is -4.03. The van der Waals surface area contributed by atoms with Crippen molar-refractivity contribution >= 4 is 40.6 Å². The number of nitrogens with one attached hydrogen (secondary N) is 1. The molecular weight excluding hydrogens is 563 g/mol. The lowest BCUT2D eigenvalue weighted by atomic mass is 10.1. The van der Waals surface area contributed by atoms with Crippen molar-refractivity contribution in [1.29, 1.82) is 0 Å². The number of morpholine rings is 1. The molecule has 0 aliphatic carbocycles. The molecule has 40 heavy (non-hydrogen) atoms. The maximum Gasteiger partial charge on any atom is 0.416 e. The molecule has 1 aromatic heterocycles. The van der Waals surface area contributed by atoms with Gasteiger partial charge in [0.25, 0.3) is 0 Å². The number of hydrogen-bond donors (Lipinski definition) is 1. The molecule has 1 N–H and O–H groups in total. The van der Waals surface area contributed by atoms with Gasteiger partial charge in [0.15, 0.2) is 5.16 Å². The molecule has 0 unspecified atom stereocenters. The number of alkyl halides is 3. The summed E-state index contributed by atoms with van der Waals surface area (Å²) in [7, 11) is 0. The molecule has 5 rings (SSSR count). The van der Waals surface area contributed by atoms with E-state index in [9.17, 15) is 18.0 Å². The van der Waals surface area contributed by atoms with Gasteiger partial charge < -0.3 is 15.0 Å². The number of ether oxygens (including phenoxy) is 1. The molecule has 208 valence electrons. The van der Waals surface area contributed by atoms with Crippen molar-refractivity contribution in [2.24, 2.45) is 0 Å². The molecule has 1 fully saturated rings. The fourth-order valence-corrected chi connectivity index (χ4v) is 5.24. The summed E-state index contributed by atoms with van der Waals surface area (Å²) in [4.78, 5) is 14.9. The second kappa shape index (κ2) is 12.3. The molecule has 0 bridgehead atoms. The van der Waals surface area contributed by atoms with Crippen LogP contribution in [-0.4, -0.2) is 52.7 Å². The van der Waals surface area contributed by atoms with Crippen molar-refractivity contribution in [3.8, 4) is 5.69 Å². The molecule has 1 aliphatic rings. The zero-order valence-corrected chi connectivity index (χ0v) is 22.8. The number of amides is 1. The van der Waals surface area contributed by atoms with Gasteiger partial charge >= 0.3 is 6.18 Å². The van der Waals surface area contributed by atoms with Crippen LogP contribution >= 0.6 is 23.4 Å². The van der Waals surface area contributed by atoms with Gasteiger partial charge in [-0.05, 0) is 48.0 Å². The first-order valence-corrected chi connectivity index (χ1v) is 13.8. The molecule has 0 saturated carbocycles. The Morgan fingerprint density at radius 3 is 2.42 bits per heavy atom. The zero-order valence-electron chi connectivity index (χ0n) is 21.2. The van der Waals surface area contributed by atoms with E-state index in [1.54, 1.807) is 12.1 Å². The van der Waals surface area contributed by atoms with E-state index in [0.29, 0.717) is 54.4 Å². The fraction of sp³-hybridized carbons (Fsp3) is 0.250. The van der Waals surface area contributed by atoms with E-state index in [0.717, 1.165) is 35.1 Å². The number of nitrogens with zero attached hydrogens (tertiary/aromatic N) is 4. The van der Waals surface area contributed by atoms with Crippen LogP contribution in [0.1, 0.15) is 17.0 Å². The average molecular weight is 588 g/mol. The molecule has 1 saturated heterocycles. The number of hydrogen-bond acceptors (Lipinski definition) is 6. The van der Waals surface area contributed by atoms with Gasteiger partial charge in [-0.2, -0.15) is 13.2 Å². The first kappa shape index (κ1) is 28.0. The summed E-state index contributed by atoms with van der Waals surface area (Å²) in [5.74, 6) is 0.119. The molecule has 3 aromatic carbocycles. The number of thioether (sulfide) groups is 1. The van der Waals surface area contributed by atoms with Crippen LogP contribution in [0.2, 0.25) is 5.02 Å². The fourth-order valence-electron chi connectivity index (χ4n) is 4.35. The summed E-state index contributed by atoms with van der Waals surface area (Å²) in [5.41, 5.74) is 1.60. The van der Waals surface area contributed by atoms with Crippen molar-refractivity contribution < 1.29 is 22.7 Å². The summed E-state index contributed by atoms with van der Waals surface area (Å²) in [6, 6.07) is 20.4. The molecule has 0 radical (unpaired) electrons. The summed E-state index contributed by atoms with van der Waals surface area (Å²) >= 11 is 7.24. The third-order valence-electron chi connectivity index (χ3n) is 6.27. The lowest BCUT2D eigenvalue weighted by Crippen LogP contribution is -2.37. The van der Waals surface area contributed by atoms with Gasteiger partial charge in [-0.1, -0.05) is 53.7 Å². The van der Waals surface area contributed by atoms with Gasteiger partial charge in [-0.3, -0.25) is 9.36 Å². The maximum atomic E-state index is 13.5. The largest absolute Gasteiger partial charge is 0.416 e. The summed E-state index contributed by atoms with van der Waals surface area (Å²) in [6.45, 7) is 1.93. The standard InChI is InChI=1S/C28H25ClF3N5O2S/c29-21-7-9-22(10-8-21)37-25(16-19-4-2-1-3-5-19)34-35-27(37)40-18-26(38)33-23-17-20(28(30,31)32)6-11-24(23)36-12-14-39-15-13-36/h1-11,17H,12-16,18H2,(H,33,38). The van der Waals surface area contributed by atoms with Crippen molar-refractivity contribution in [2.45, 2.75) is 17.8 Å². The highest BCUT2D eigenvalue weighted by molar-refractivity contribution is 7.99. The third kappa shape index (κ3) is 6.78. The average Bonchev–Trinajstić information content (AvgIpc) is 3.35. The Hall–Kier alpha value is -3.54. The molecular formula is C28H25ClF3N5O2S. The Bertz CT molecular complexity index is 1460. The summed E-state index contributed by atoms with van der Waals surface area (Å²) < 4.78 is 47.6. The Kier molecular flexibility index (Phi) is 8.63. The topological polar surface area (TPSA) is 72.3 Å². The smallest absolute Gasteiger partial charge is 0.378 e. The van der Waals surface area contributed by atoms with Crippen molar-refractivity contribution in [3.63, 3.8) is 0 Å². The highest BCUT2D eigenvalue weighted by Crippen LogP contribution is 2.36. The summed E-state index contributed by atoms with van der Waals surface area (Å²) in [5, 5.41) is 12.4. The van der Waals surface area contributed by atoms with Crippen molar-refractivity contribution in [2.75, 3.05) is 42.3 Å². The van der Waals surface area contributed by atoms with Crippen LogP contribution < -0.4 is 10.2 Å². The predicted molar refractivity (Wildman–Crippen MR) is 149 cm³/mol. The van der Waals surface area contributed by atoms with Gasteiger partial charge in [-0.25, -0.2) is 0 Å². The zero-order chi connectivity index (χ0) is 28.1. The predicted octanol–water partition coefficient (Wildman–Crippen LogP) is 6.10. The van der Waals surface area contributed by atoms with Crippen LogP contribution in [-0.2, 0) is 22.1 Å². The molecule has 1 amide bonds. The highest BCUT2D eigenvalue weighted by atomic mass is 35.5. The minimum atomic E-state index is -4.54. The van der Waals surface area contributed by atoms with Crippen molar-refractivity contribution in [1.82, 2.24) is 14.8 Å². The number of rotatable bonds is 8. The van der Waals surface area contributed by atoms with Crippen molar-refractivity contribution in [3.05, 3.63) is 94.8 Å². The van der Waals surface area contributed by atoms with Gasteiger partial charge in [0.05, 0.1) is 35.9 Å². The van der Waals surface area contributed by atoms with E-state index < -0.39 is 17.6 Å². The maximum absolute atomic E-state index is 13.5. The second-order valence-corrected chi connectivity index (χ2v) is 10.4. The molecule has 1 aliphatic heterocycles. The number of carbonyl (C=O) groups excluding carboxylic acids is 1. The van der Waals surface area contributed by atoms with Gasteiger partial charge in [0, 0.05) is 30.2 Å². The van der Waals surface area contributed by atoms with E-state index in [2.05, 4.69) is 15.5 Å². The quantitative estimate of drug-likeness (QED) is 0.251.